The van der Waals surface area contributed by atoms with Crippen LogP contribution >= 0.6 is 22.9 Å². The number of fused-ring (bicyclic) bond motifs is 1. The number of likely N-dealkylation sites (N-methyl/N-ethyl adjacent to an activating group) is 1. The number of benzene rings is 1. The first-order valence-electron chi connectivity index (χ1n) is 18.4. The van der Waals surface area contributed by atoms with Crippen molar-refractivity contribution in [3.63, 3.8) is 0 Å². The van der Waals surface area contributed by atoms with Gasteiger partial charge in [-0.3, -0.25) is 0 Å². The maximum Gasteiger partial charge on any atom is 0.509 e. The van der Waals surface area contributed by atoms with Gasteiger partial charge in [-0.2, -0.15) is 9.97 Å². The van der Waals surface area contributed by atoms with Gasteiger partial charge < -0.3 is 38.1 Å². The SMILES string of the molecule is CN(C(=O)OC(C)(C)C)c1nc(Cl)c(-c2nc3ccccc3s2)c(N(C)[C@@H]2C[C@H](COC(=O)OC(C)(C)C)[C@@H](OC(=O)OC(C)(C)C)[C@H]2OC(=O)OC(C)(C)C)n1. The number of anilines is 2. The summed E-state index contributed by atoms with van der Waals surface area (Å²) in [5.74, 6) is -0.695. The van der Waals surface area contributed by atoms with Crippen LogP contribution in [0.25, 0.3) is 20.8 Å². The zero-order valence-corrected chi connectivity index (χ0v) is 36.6. The molecule has 0 aliphatic heterocycles. The largest absolute Gasteiger partial charge is 0.509 e. The third-order valence-electron chi connectivity index (χ3n) is 7.90. The van der Waals surface area contributed by atoms with Gasteiger partial charge in [-0.05, 0) is 102 Å². The van der Waals surface area contributed by atoms with Gasteiger partial charge in [0.15, 0.2) is 12.2 Å². The molecule has 57 heavy (non-hydrogen) atoms. The summed E-state index contributed by atoms with van der Waals surface area (Å²) in [6, 6.07) is 6.64. The lowest BCUT2D eigenvalue weighted by Gasteiger charge is -2.34. The molecule has 1 aliphatic rings. The van der Waals surface area contributed by atoms with Crippen molar-refractivity contribution in [3.05, 3.63) is 29.4 Å². The van der Waals surface area contributed by atoms with Crippen molar-refractivity contribution < 1.29 is 52.3 Å². The summed E-state index contributed by atoms with van der Waals surface area (Å²) in [6.45, 7) is 20.0. The van der Waals surface area contributed by atoms with Gasteiger partial charge in [0, 0.05) is 20.0 Å². The minimum absolute atomic E-state index is 0.0368. The molecule has 3 aromatic rings. The third-order valence-corrected chi connectivity index (χ3v) is 9.23. The smallest absolute Gasteiger partial charge is 0.443 e. The van der Waals surface area contributed by atoms with Crippen molar-refractivity contribution in [1.82, 2.24) is 15.0 Å². The fraction of sp³-hybridized carbons (Fsp3) is 0.615. The quantitative estimate of drug-likeness (QED) is 0.119. The molecule has 18 heteroatoms. The maximum atomic E-state index is 13.4. The number of hydrogen-bond acceptors (Lipinski definition) is 16. The zero-order chi connectivity index (χ0) is 42.8. The van der Waals surface area contributed by atoms with Gasteiger partial charge in [-0.15, -0.1) is 11.3 Å². The molecule has 0 bridgehead atoms. The molecule has 1 fully saturated rings. The average molecular weight is 836 g/mol. The van der Waals surface area contributed by atoms with Gasteiger partial charge in [-0.1, -0.05) is 23.7 Å². The van der Waals surface area contributed by atoms with E-state index in [9.17, 15) is 19.2 Å². The number of para-hydroxylation sites is 1. The van der Waals surface area contributed by atoms with E-state index in [0.717, 1.165) is 9.60 Å². The lowest BCUT2D eigenvalue weighted by Crippen LogP contribution is -2.47. The van der Waals surface area contributed by atoms with Crippen LogP contribution in [0.4, 0.5) is 30.9 Å². The molecule has 314 valence electrons. The molecule has 0 spiro atoms. The fourth-order valence-electron chi connectivity index (χ4n) is 5.69. The molecule has 4 rings (SSSR count). The van der Waals surface area contributed by atoms with E-state index in [1.807, 2.05) is 24.3 Å². The van der Waals surface area contributed by atoms with Crippen molar-refractivity contribution in [2.75, 3.05) is 30.5 Å². The Morgan fingerprint density at radius 3 is 1.81 bits per heavy atom. The topological polar surface area (TPSA) is 178 Å². The van der Waals surface area contributed by atoms with Crippen LogP contribution in [0.15, 0.2) is 24.3 Å². The van der Waals surface area contributed by atoms with Gasteiger partial charge in [0.25, 0.3) is 0 Å². The van der Waals surface area contributed by atoms with Crippen LogP contribution in [0, 0.1) is 5.92 Å². The van der Waals surface area contributed by atoms with Crippen LogP contribution in [0.2, 0.25) is 5.15 Å². The molecular weight excluding hydrogens is 782 g/mol. The number of amides is 1. The lowest BCUT2D eigenvalue weighted by molar-refractivity contribution is -0.0915. The Bertz CT molecular complexity index is 1910. The van der Waals surface area contributed by atoms with Crippen LogP contribution in [0.3, 0.4) is 0 Å². The molecule has 1 saturated carbocycles. The van der Waals surface area contributed by atoms with Crippen molar-refractivity contribution in [3.8, 4) is 10.6 Å². The number of rotatable bonds is 8. The Kier molecular flexibility index (Phi) is 13.5. The highest BCUT2D eigenvalue weighted by molar-refractivity contribution is 7.21. The summed E-state index contributed by atoms with van der Waals surface area (Å²) in [7, 11) is 3.12. The predicted molar refractivity (Wildman–Crippen MR) is 215 cm³/mol. The minimum atomic E-state index is -1.27. The molecule has 4 atom stereocenters. The second kappa shape index (κ2) is 17.1. The number of thiazole rings is 1. The highest BCUT2D eigenvalue weighted by Crippen LogP contribution is 2.44. The summed E-state index contributed by atoms with van der Waals surface area (Å²) in [5, 5.41) is 0.425. The monoisotopic (exact) mass is 835 g/mol. The van der Waals surface area contributed by atoms with Crippen molar-refractivity contribution >= 4 is 69.5 Å². The molecule has 2 heterocycles. The Balaban J connectivity index is 1.89. The Morgan fingerprint density at radius 1 is 0.737 bits per heavy atom. The summed E-state index contributed by atoms with van der Waals surface area (Å²) < 4.78 is 40.4. The standard InChI is InChI=1S/C39H54ClN5O11S/c1-36(2,3)53-32(46)45(14)31-42-28(40)25(30-41-22-17-15-16-18-24(22)57-30)29(43-31)44(13)23-19-21(20-50-33(47)54-37(4,5)6)26(51-34(48)55-38(7,8)9)27(23)52-35(49)56-39(10,11)12/h15-18,21,23,26-27H,19-20H2,1-14H3/t21-,23-,26-,27+/m1/s1. The molecule has 0 saturated heterocycles. The van der Waals surface area contributed by atoms with E-state index in [0.29, 0.717) is 16.1 Å². The first-order valence-corrected chi connectivity index (χ1v) is 19.6. The molecular formula is C39H54ClN5O11S. The van der Waals surface area contributed by atoms with E-state index in [-0.39, 0.29) is 29.9 Å². The van der Waals surface area contributed by atoms with Gasteiger partial charge in [-0.25, -0.2) is 29.1 Å². The number of halogens is 1. The van der Waals surface area contributed by atoms with E-state index in [4.69, 9.17) is 54.7 Å². The van der Waals surface area contributed by atoms with Crippen molar-refractivity contribution in [1.29, 1.82) is 0 Å². The molecule has 1 aromatic carbocycles. The van der Waals surface area contributed by atoms with Gasteiger partial charge in [0.1, 0.15) is 45.0 Å². The van der Waals surface area contributed by atoms with E-state index in [1.165, 1.54) is 18.4 Å². The van der Waals surface area contributed by atoms with Gasteiger partial charge in [0.05, 0.1) is 21.8 Å². The fourth-order valence-corrected chi connectivity index (χ4v) is 7.00. The van der Waals surface area contributed by atoms with Crippen LogP contribution < -0.4 is 9.80 Å². The summed E-state index contributed by atoms with van der Waals surface area (Å²) in [5.41, 5.74) is -2.54. The molecule has 2 aromatic heterocycles. The second-order valence-electron chi connectivity index (χ2n) is 17.6. The third kappa shape index (κ3) is 12.7. The van der Waals surface area contributed by atoms with E-state index >= 15 is 0 Å². The number of carbonyl (C=O) groups is 4. The predicted octanol–water partition coefficient (Wildman–Crippen LogP) is 9.20. The number of carbonyl (C=O) groups excluding carboxylic acids is 4. The van der Waals surface area contributed by atoms with Gasteiger partial charge in [0.2, 0.25) is 5.95 Å². The normalized spacial score (nSPS) is 18.7. The molecule has 1 amide bonds. The highest BCUT2D eigenvalue weighted by Gasteiger charge is 2.52. The number of nitrogens with zero attached hydrogens (tertiary/aromatic N) is 5. The molecule has 0 radical (unpaired) electrons. The molecule has 16 nitrogen and oxygen atoms in total. The number of ether oxygens (including phenoxy) is 7. The Morgan fingerprint density at radius 2 is 1.26 bits per heavy atom. The van der Waals surface area contributed by atoms with Crippen LogP contribution in [0.5, 0.6) is 0 Å². The summed E-state index contributed by atoms with van der Waals surface area (Å²) in [6.07, 6.45) is -6.19. The van der Waals surface area contributed by atoms with Crippen molar-refractivity contribution in [2.45, 2.75) is 130 Å². The Hall–Kier alpha value is -4.64. The zero-order valence-electron chi connectivity index (χ0n) is 35.0. The van der Waals surface area contributed by atoms with E-state index in [2.05, 4.69) is 4.98 Å². The first-order chi connectivity index (χ1) is 26.1. The molecule has 0 N–H and O–H groups in total. The van der Waals surface area contributed by atoms with E-state index < -0.39 is 71.1 Å². The second-order valence-corrected chi connectivity index (χ2v) is 19.0. The summed E-state index contributed by atoms with van der Waals surface area (Å²) in [4.78, 5) is 69.7. The lowest BCUT2D eigenvalue weighted by atomic mass is 10.1. The van der Waals surface area contributed by atoms with Crippen LogP contribution in [-0.4, -0.2) is 101 Å². The highest BCUT2D eigenvalue weighted by atomic mass is 35.5. The van der Waals surface area contributed by atoms with Gasteiger partial charge >= 0.3 is 24.6 Å². The van der Waals surface area contributed by atoms with Crippen LogP contribution in [-0.2, 0) is 33.2 Å². The first kappa shape index (κ1) is 45.1. The summed E-state index contributed by atoms with van der Waals surface area (Å²) >= 11 is 8.34. The molecule has 0 unspecified atom stereocenters. The van der Waals surface area contributed by atoms with Crippen molar-refractivity contribution in [2.24, 2.45) is 5.92 Å². The van der Waals surface area contributed by atoms with E-state index in [1.54, 1.807) is 95.0 Å². The number of aromatic nitrogens is 3. The molecule has 1 aliphatic carbocycles. The average Bonchev–Trinajstić information content (AvgIpc) is 3.60. The Labute approximate surface area is 342 Å². The van der Waals surface area contributed by atoms with Crippen LogP contribution in [0.1, 0.15) is 89.5 Å². The maximum absolute atomic E-state index is 13.4. The number of hydrogen-bond donors (Lipinski definition) is 0. The minimum Gasteiger partial charge on any atom is -0.443 e.